The summed E-state index contributed by atoms with van der Waals surface area (Å²) in [6, 6.07) is 17.3. The highest BCUT2D eigenvalue weighted by Crippen LogP contribution is 2.29. The van der Waals surface area contributed by atoms with Crippen molar-refractivity contribution in [3.05, 3.63) is 60.8 Å². The van der Waals surface area contributed by atoms with Gasteiger partial charge in [0.2, 0.25) is 5.82 Å². The van der Waals surface area contributed by atoms with Crippen LogP contribution in [-0.2, 0) is 0 Å². The summed E-state index contributed by atoms with van der Waals surface area (Å²) >= 11 is 0. The first kappa shape index (κ1) is 15.1. The van der Waals surface area contributed by atoms with Gasteiger partial charge in [-0.2, -0.15) is 4.98 Å². The average Bonchev–Trinajstić information content (AvgIpc) is 3.33. The lowest BCUT2D eigenvalue weighted by Gasteiger charge is -2.05. The van der Waals surface area contributed by atoms with Gasteiger partial charge in [0.1, 0.15) is 5.75 Å². The van der Waals surface area contributed by atoms with Crippen LogP contribution in [0.1, 0.15) is 6.92 Å². The Balaban J connectivity index is 1.65. The highest BCUT2D eigenvalue weighted by atomic mass is 16.5. The van der Waals surface area contributed by atoms with Gasteiger partial charge in [-0.3, -0.25) is 0 Å². The summed E-state index contributed by atoms with van der Waals surface area (Å²) in [5, 5.41) is 12.3. The number of para-hydroxylation sites is 2. The van der Waals surface area contributed by atoms with Crippen molar-refractivity contribution in [2.24, 2.45) is 0 Å². The van der Waals surface area contributed by atoms with E-state index < -0.39 is 0 Å². The number of aromatic nitrogens is 5. The molecule has 0 aliphatic heterocycles. The number of benzene rings is 2. The zero-order chi connectivity index (χ0) is 17.1. The van der Waals surface area contributed by atoms with Gasteiger partial charge in [0.15, 0.2) is 5.69 Å². The van der Waals surface area contributed by atoms with Crippen molar-refractivity contribution < 1.29 is 9.26 Å². The van der Waals surface area contributed by atoms with Gasteiger partial charge in [-0.15, -0.1) is 5.10 Å². The maximum Gasteiger partial charge on any atom is 0.262 e. The Morgan fingerprint density at radius 3 is 2.68 bits per heavy atom. The van der Waals surface area contributed by atoms with Crippen molar-refractivity contribution in [2.75, 3.05) is 6.61 Å². The molecule has 2 aromatic carbocycles. The van der Waals surface area contributed by atoms with E-state index in [0.29, 0.717) is 29.8 Å². The Morgan fingerprint density at radius 1 is 1.04 bits per heavy atom. The Hall–Kier alpha value is -3.48. The Kier molecular flexibility index (Phi) is 3.96. The van der Waals surface area contributed by atoms with Crippen LogP contribution in [0.4, 0.5) is 0 Å². The van der Waals surface area contributed by atoms with Gasteiger partial charge in [-0.1, -0.05) is 40.7 Å². The van der Waals surface area contributed by atoms with E-state index in [4.69, 9.17) is 9.26 Å². The quantitative estimate of drug-likeness (QED) is 0.557. The van der Waals surface area contributed by atoms with Crippen LogP contribution in [0.3, 0.4) is 0 Å². The molecule has 0 amide bonds. The fourth-order valence-corrected chi connectivity index (χ4v) is 2.43. The van der Waals surface area contributed by atoms with E-state index in [0.717, 1.165) is 11.3 Å². The molecule has 0 saturated heterocycles. The number of rotatable bonds is 5. The van der Waals surface area contributed by atoms with E-state index in [9.17, 15) is 0 Å². The monoisotopic (exact) mass is 333 g/mol. The minimum atomic E-state index is 0.378. The number of nitrogens with zero attached hydrogens (tertiary/aromatic N) is 5. The van der Waals surface area contributed by atoms with Gasteiger partial charge in [-0.25, -0.2) is 4.68 Å². The van der Waals surface area contributed by atoms with Gasteiger partial charge in [0.05, 0.1) is 24.1 Å². The second-order valence-electron chi connectivity index (χ2n) is 5.24. The van der Waals surface area contributed by atoms with Crippen LogP contribution in [-0.4, -0.2) is 31.7 Å². The molecular formula is C18H15N5O2. The maximum atomic E-state index is 5.61. The molecule has 124 valence electrons. The van der Waals surface area contributed by atoms with Gasteiger partial charge >= 0.3 is 0 Å². The minimum absolute atomic E-state index is 0.378. The zero-order valence-electron chi connectivity index (χ0n) is 13.5. The molecule has 0 unspecified atom stereocenters. The van der Waals surface area contributed by atoms with Crippen LogP contribution in [0.15, 0.2) is 65.3 Å². The summed E-state index contributed by atoms with van der Waals surface area (Å²) in [5.74, 6) is 1.46. The molecule has 0 N–H and O–H groups in total. The van der Waals surface area contributed by atoms with E-state index in [1.165, 1.54) is 0 Å². The Bertz CT molecular complexity index is 978. The summed E-state index contributed by atoms with van der Waals surface area (Å²) in [6.45, 7) is 2.49. The van der Waals surface area contributed by atoms with Gasteiger partial charge in [-0.05, 0) is 31.2 Å². The Morgan fingerprint density at radius 2 is 1.84 bits per heavy atom. The van der Waals surface area contributed by atoms with E-state index >= 15 is 0 Å². The molecule has 2 aromatic heterocycles. The van der Waals surface area contributed by atoms with Crippen LogP contribution >= 0.6 is 0 Å². The molecule has 4 rings (SSSR count). The number of ether oxygens (including phenoxy) is 1. The van der Waals surface area contributed by atoms with Gasteiger partial charge in [0.25, 0.3) is 5.89 Å². The first-order valence-corrected chi connectivity index (χ1v) is 7.89. The molecular weight excluding hydrogens is 318 g/mol. The third-order valence-electron chi connectivity index (χ3n) is 3.59. The highest BCUT2D eigenvalue weighted by Gasteiger charge is 2.16. The van der Waals surface area contributed by atoms with E-state index in [1.807, 2.05) is 61.5 Å². The normalized spacial score (nSPS) is 10.8. The maximum absolute atomic E-state index is 5.61. The first-order valence-electron chi connectivity index (χ1n) is 7.89. The van der Waals surface area contributed by atoms with Crippen molar-refractivity contribution in [2.45, 2.75) is 6.92 Å². The predicted molar refractivity (Wildman–Crippen MR) is 91.3 cm³/mol. The summed E-state index contributed by atoms with van der Waals surface area (Å²) in [6.07, 6.45) is 1.76. The first-order chi connectivity index (χ1) is 12.3. The second-order valence-corrected chi connectivity index (χ2v) is 5.24. The average molecular weight is 333 g/mol. The molecule has 7 heteroatoms. The third kappa shape index (κ3) is 2.99. The highest BCUT2D eigenvalue weighted by molar-refractivity contribution is 5.64. The lowest BCUT2D eigenvalue weighted by molar-refractivity contribution is 0.339. The van der Waals surface area contributed by atoms with Crippen molar-refractivity contribution >= 4 is 0 Å². The molecule has 2 heterocycles. The molecule has 0 bridgehead atoms. The smallest absolute Gasteiger partial charge is 0.262 e. The molecule has 4 aromatic rings. The number of hydrogen-bond acceptors (Lipinski definition) is 6. The molecule has 0 fully saturated rings. The van der Waals surface area contributed by atoms with Gasteiger partial charge < -0.3 is 9.26 Å². The van der Waals surface area contributed by atoms with Crippen molar-refractivity contribution in [1.29, 1.82) is 0 Å². The minimum Gasteiger partial charge on any atom is -0.493 e. The molecule has 0 spiro atoms. The Labute approximate surface area is 143 Å². The fraction of sp³-hybridized carbons (Fsp3) is 0.111. The van der Waals surface area contributed by atoms with Crippen LogP contribution in [0.5, 0.6) is 5.75 Å². The lowest BCUT2D eigenvalue weighted by atomic mass is 10.2. The number of hydrogen-bond donors (Lipinski definition) is 0. The third-order valence-corrected chi connectivity index (χ3v) is 3.59. The van der Waals surface area contributed by atoms with Crippen LogP contribution in [0, 0.1) is 0 Å². The van der Waals surface area contributed by atoms with E-state index in [1.54, 1.807) is 10.9 Å². The summed E-state index contributed by atoms with van der Waals surface area (Å²) in [4.78, 5) is 4.43. The molecule has 0 saturated carbocycles. The van der Waals surface area contributed by atoms with E-state index in [-0.39, 0.29) is 0 Å². The topological polar surface area (TPSA) is 78.9 Å². The van der Waals surface area contributed by atoms with Crippen molar-refractivity contribution in [1.82, 2.24) is 25.1 Å². The molecule has 0 atom stereocenters. The fourth-order valence-electron chi connectivity index (χ4n) is 2.43. The lowest BCUT2D eigenvalue weighted by Crippen LogP contribution is -1.93. The summed E-state index contributed by atoms with van der Waals surface area (Å²) in [7, 11) is 0. The summed E-state index contributed by atoms with van der Waals surface area (Å²) in [5.41, 5.74) is 2.19. The zero-order valence-corrected chi connectivity index (χ0v) is 13.5. The van der Waals surface area contributed by atoms with E-state index in [2.05, 4.69) is 20.5 Å². The molecule has 0 radical (unpaired) electrons. The van der Waals surface area contributed by atoms with Crippen molar-refractivity contribution in [3.63, 3.8) is 0 Å². The van der Waals surface area contributed by atoms with Gasteiger partial charge in [0, 0.05) is 0 Å². The second kappa shape index (κ2) is 6.56. The molecule has 25 heavy (non-hydrogen) atoms. The van der Waals surface area contributed by atoms with Crippen molar-refractivity contribution in [3.8, 4) is 34.4 Å². The standard InChI is InChI=1S/C18H15N5O2/c1-2-24-16-11-7-6-10-14(16)18-19-17(21-25-18)15-12-23(22-20-15)13-8-4-3-5-9-13/h3-12H,2H2,1H3. The molecule has 0 aliphatic rings. The SMILES string of the molecule is CCOc1ccccc1-c1nc(-c2cn(-c3ccccc3)nn2)no1. The van der Waals surface area contributed by atoms with Crippen LogP contribution < -0.4 is 4.74 Å². The van der Waals surface area contributed by atoms with Crippen LogP contribution in [0.2, 0.25) is 0 Å². The predicted octanol–water partition coefficient (Wildman–Crippen LogP) is 3.38. The molecule has 7 nitrogen and oxygen atoms in total. The largest absolute Gasteiger partial charge is 0.493 e. The summed E-state index contributed by atoms with van der Waals surface area (Å²) < 4.78 is 12.7. The molecule has 0 aliphatic carbocycles. The van der Waals surface area contributed by atoms with Crippen LogP contribution in [0.25, 0.3) is 28.7 Å².